The molecule has 0 amide bonds. The van der Waals surface area contributed by atoms with E-state index in [1.807, 2.05) is 12.3 Å². The summed E-state index contributed by atoms with van der Waals surface area (Å²) in [6.45, 7) is 1.90. The van der Waals surface area contributed by atoms with E-state index in [0.29, 0.717) is 10.0 Å². The lowest BCUT2D eigenvalue weighted by molar-refractivity contribution is 0.0992. The summed E-state index contributed by atoms with van der Waals surface area (Å²) in [4.78, 5) is 16.1. The fraction of sp³-hybridized carbons (Fsp3) is 0.167. The van der Waals surface area contributed by atoms with Crippen molar-refractivity contribution in [1.82, 2.24) is 4.98 Å². The van der Waals surface area contributed by atoms with Crippen LogP contribution in [0.3, 0.4) is 0 Å². The Morgan fingerprint density at radius 2 is 2.29 bits per heavy atom. The van der Waals surface area contributed by atoms with Gasteiger partial charge < -0.3 is 0 Å². The average molecular weight is 314 g/mol. The number of hydrogen-bond donors (Lipinski definition) is 0. The summed E-state index contributed by atoms with van der Waals surface area (Å²) in [6.07, 6.45) is 0.252. The van der Waals surface area contributed by atoms with E-state index in [9.17, 15) is 9.18 Å². The smallest absolute Gasteiger partial charge is 0.168 e. The van der Waals surface area contributed by atoms with Crippen LogP contribution < -0.4 is 0 Å². The summed E-state index contributed by atoms with van der Waals surface area (Å²) in [5.74, 6) is -0.429. The Morgan fingerprint density at radius 3 is 2.88 bits per heavy atom. The van der Waals surface area contributed by atoms with Gasteiger partial charge in [0.05, 0.1) is 21.6 Å². The lowest BCUT2D eigenvalue weighted by atomic mass is 10.1. The van der Waals surface area contributed by atoms with E-state index in [1.54, 1.807) is 0 Å². The van der Waals surface area contributed by atoms with Gasteiger partial charge in [0.2, 0.25) is 0 Å². The molecular weight excluding hydrogens is 305 g/mol. The Morgan fingerprint density at radius 1 is 1.53 bits per heavy atom. The summed E-state index contributed by atoms with van der Waals surface area (Å²) in [5, 5.41) is 2.80. The van der Waals surface area contributed by atoms with Crippen molar-refractivity contribution in [3.05, 3.63) is 50.1 Å². The molecule has 1 aromatic carbocycles. The van der Waals surface area contributed by atoms with Crippen LogP contribution in [0.1, 0.15) is 21.1 Å². The third-order valence-electron chi connectivity index (χ3n) is 2.25. The Balaban J connectivity index is 2.17. The first kappa shape index (κ1) is 12.4. The quantitative estimate of drug-likeness (QED) is 0.807. The number of Topliss-reactive ketones (excluding diaryl/α,β-unsaturated/α-hetero) is 1. The summed E-state index contributed by atoms with van der Waals surface area (Å²) < 4.78 is 13.3. The number of thiazole rings is 1. The minimum atomic E-state index is -0.369. The number of aromatic nitrogens is 1. The number of nitrogens with zero attached hydrogens (tertiary/aromatic N) is 1. The maximum absolute atomic E-state index is 13.0. The van der Waals surface area contributed by atoms with Crippen LogP contribution in [-0.2, 0) is 6.42 Å². The van der Waals surface area contributed by atoms with Crippen molar-refractivity contribution in [3.8, 4) is 0 Å². The minimum Gasteiger partial charge on any atom is -0.294 e. The Labute approximate surface area is 111 Å². The molecule has 0 aliphatic heterocycles. The molecule has 2 nitrogen and oxygen atoms in total. The lowest BCUT2D eigenvalue weighted by Crippen LogP contribution is -2.04. The number of benzene rings is 1. The highest BCUT2D eigenvalue weighted by Crippen LogP contribution is 2.18. The van der Waals surface area contributed by atoms with Crippen LogP contribution in [0.4, 0.5) is 4.39 Å². The fourth-order valence-electron chi connectivity index (χ4n) is 1.43. The fourth-order valence-corrected chi connectivity index (χ4v) is 2.42. The molecule has 1 heterocycles. The molecule has 0 radical (unpaired) electrons. The van der Waals surface area contributed by atoms with Gasteiger partial charge in [-0.2, -0.15) is 0 Å². The molecule has 0 bridgehead atoms. The maximum Gasteiger partial charge on any atom is 0.168 e. The number of rotatable bonds is 3. The molecule has 0 saturated carbocycles. The number of ketones is 1. The average Bonchev–Trinajstić information content (AvgIpc) is 2.68. The van der Waals surface area contributed by atoms with Crippen molar-refractivity contribution in [3.63, 3.8) is 0 Å². The molecule has 0 unspecified atom stereocenters. The third kappa shape index (κ3) is 2.98. The first-order chi connectivity index (χ1) is 8.06. The molecule has 5 heteroatoms. The summed E-state index contributed by atoms with van der Waals surface area (Å²) in [7, 11) is 0. The van der Waals surface area contributed by atoms with E-state index in [2.05, 4.69) is 20.9 Å². The molecule has 2 rings (SSSR count). The van der Waals surface area contributed by atoms with E-state index in [4.69, 9.17) is 0 Å². The first-order valence-electron chi connectivity index (χ1n) is 4.95. The molecule has 1 aromatic heterocycles. The lowest BCUT2D eigenvalue weighted by Gasteiger charge is -2.00. The molecule has 17 heavy (non-hydrogen) atoms. The summed E-state index contributed by atoms with van der Waals surface area (Å²) in [6, 6.07) is 4.27. The van der Waals surface area contributed by atoms with Crippen LogP contribution in [0.2, 0.25) is 0 Å². The van der Waals surface area contributed by atoms with E-state index in [0.717, 1.165) is 10.7 Å². The molecule has 0 spiro atoms. The van der Waals surface area contributed by atoms with Gasteiger partial charge in [-0.15, -0.1) is 11.3 Å². The zero-order valence-corrected chi connectivity index (χ0v) is 11.4. The molecule has 0 saturated heterocycles. The standard InChI is InChI=1S/C12H9BrFNOS/c1-7-15-9(6-17-7)5-12(16)8-2-3-11(14)10(13)4-8/h2-4,6H,5H2,1H3. The van der Waals surface area contributed by atoms with Crippen molar-refractivity contribution < 1.29 is 9.18 Å². The Hall–Kier alpha value is -1.07. The van der Waals surface area contributed by atoms with Crippen LogP contribution in [0.25, 0.3) is 0 Å². The van der Waals surface area contributed by atoms with Crippen molar-refractivity contribution in [1.29, 1.82) is 0 Å². The Bertz CT molecular complexity index is 567. The van der Waals surface area contributed by atoms with Gasteiger partial charge in [-0.25, -0.2) is 9.37 Å². The van der Waals surface area contributed by atoms with Gasteiger partial charge in [0.15, 0.2) is 5.78 Å². The van der Waals surface area contributed by atoms with Crippen molar-refractivity contribution in [2.45, 2.75) is 13.3 Å². The second kappa shape index (κ2) is 5.06. The normalized spacial score (nSPS) is 10.5. The number of carbonyl (C=O) groups is 1. The van der Waals surface area contributed by atoms with E-state index >= 15 is 0 Å². The summed E-state index contributed by atoms with van der Waals surface area (Å²) in [5.41, 5.74) is 1.25. The number of hydrogen-bond acceptors (Lipinski definition) is 3. The zero-order chi connectivity index (χ0) is 12.4. The van der Waals surface area contributed by atoms with Gasteiger partial charge in [-0.1, -0.05) is 0 Å². The number of aryl methyl sites for hydroxylation is 1. The maximum atomic E-state index is 13.0. The van der Waals surface area contributed by atoms with Crippen molar-refractivity contribution >= 4 is 33.0 Å². The van der Waals surface area contributed by atoms with Crippen LogP contribution in [0.5, 0.6) is 0 Å². The van der Waals surface area contributed by atoms with Crippen molar-refractivity contribution in [2.24, 2.45) is 0 Å². The van der Waals surface area contributed by atoms with Crippen LogP contribution >= 0.6 is 27.3 Å². The summed E-state index contributed by atoms with van der Waals surface area (Å²) >= 11 is 4.58. The van der Waals surface area contributed by atoms with E-state index in [1.165, 1.54) is 29.5 Å². The van der Waals surface area contributed by atoms with Gasteiger partial charge >= 0.3 is 0 Å². The van der Waals surface area contributed by atoms with Crippen LogP contribution in [0.15, 0.2) is 28.1 Å². The number of carbonyl (C=O) groups excluding carboxylic acids is 1. The van der Waals surface area contributed by atoms with Gasteiger partial charge in [-0.3, -0.25) is 4.79 Å². The predicted molar refractivity (Wildman–Crippen MR) is 69.0 cm³/mol. The van der Waals surface area contributed by atoms with Gasteiger partial charge in [0, 0.05) is 10.9 Å². The molecule has 88 valence electrons. The topological polar surface area (TPSA) is 30.0 Å². The molecule has 0 atom stereocenters. The van der Waals surface area contributed by atoms with Crippen LogP contribution in [-0.4, -0.2) is 10.8 Å². The highest BCUT2D eigenvalue weighted by atomic mass is 79.9. The molecule has 2 aromatic rings. The largest absolute Gasteiger partial charge is 0.294 e. The Kier molecular flexibility index (Phi) is 3.69. The second-order valence-electron chi connectivity index (χ2n) is 3.59. The minimum absolute atomic E-state index is 0.0593. The highest BCUT2D eigenvalue weighted by molar-refractivity contribution is 9.10. The second-order valence-corrected chi connectivity index (χ2v) is 5.50. The first-order valence-corrected chi connectivity index (χ1v) is 6.63. The third-order valence-corrected chi connectivity index (χ3v) is 3.68. The van der Waals surface area contributed by atoms with Crippen LogP contribution in [0, 0.1) is 12.7 Å². The molecule has 0 fully saturated rings. The predicted octanol–water partition coefficient (Wildman–Crippen LogP) is 3.78. The SMILES string of the molecule is Cc1nc(CC(=O)c2ccc(F)c(Br)c2)cs1. The van der Waals surface area contributed by atoms with Crippen molar-refractivity contribution in [2.75, 3.05) is 0 Å². The number of halogens is 2. The molecule has 0 aliphatic rings. The molecular formula is C12H9BrFNOS. The van der Waals surface area contributed by atoms with Gasteiger partial charge in [0.25, 0.3) is 0 Å². The molecule has 0 aliphatic carbocycles. The van der Waals surface area contributed by atoms with Gasteiger partial charge in [0.1, 0.15) is 5.82 Å². The van der Waals surface area contributed by atoms with Gasteiger partial charge in [-0.05, 0) is 41.1 Å². The van der Waals surface area contributed by atoms with E-state index in [-0.39, 0.29) is 18.0 Å². The molecule has 0 N–H and O–H groups in total. The highest BCUT2D eigenvalue weighted by Gasteiger charge is 2.11. The zero-order valence-electron chi connectivity index (χ0n) is 9.04. The van der Waals surface area contributed by atoms with E-state index < -0.39 is 0 Å². The monoisotopic (exact) mass is 313 g/mol.